The molecule has 0 saturated carbocycles. The lowest BCUT2D eigenvalue weighted by molar-refractivity contribution is -0.137. The molecule has 1 aliphatic rings. The topological polar surface area (TPSA) is 64.0 Å². The van der Waals surface area contributed by atoms with Crippen LogP contribution in [0.5, 0.6) is 0 Å². The van der Waals surface area contributed by atoms with Gasteiger partial charge in [0.15, 0.2) is 14.9 Å². The van der Waals surface area contributed by atoms with Gasteiger partial charge in [-0.1, -0.05) is 19.1 Å². The Hall–Kier alpha value is -1.87. The summed E-state index contributed by atoms with van der Waals surface area (Å²) in [7, 11) is -3.47. The standard InChI is InChI=1S/C18H22F3N3O2S/c1-3-15-23-17(27(2,25)26)16-14(22-10-11-24(15)16)9-6-12-4-7-13(8-5-12)18(19,20)21/h4-5,7-8,14,22H,3,6,9-11H2,1-2H3. The predicted molar refractivity (Wildman–Crippen MR) is 95.2 cm³/mol. The molecule has 0 aliphatic carbocycles. The minimum absolute atomic E-state index is 0.101. The van der Waals surface area contributed by atoms with Gasteiger partial charge in [-0.2, -0.15) is 13.2 Å². The van der Waals surface area contributed by atoms with Crippen LogP contribution >= 0.6 is 0 Å². The monoisotopic (exact) mass is 401 g/mol. The number of imidazole rings is 1. The van der Waals surface area contributed by atoms with Crippen molar-refractivity contribution in [1.82, 2.24) is 14.9 Å². The average Bonchev–Trinajstić information content (AvgIpc) is 2.99. The summed E-state index contributed by atoms with van der Waals surface area (Å²) in [5.74, 6) is 0.742. The molecular formula is C18H22F3N3O2S. The Morgan fingerprint density at radius 1 is 1.26 bits per heavy atom. The van der Waals surface area contributed by atoms with E-state index in [1.807, 2.05) is 11.5 Å². The quantitative estimate of drug-likeness (QED) is 0.836. The summed E-state index contributed by atoms with van der Waals surface area (Å²) in [6.07, 6.45) is -1.46. The van der Waals surface area contributed by atoms with Crippen LogP contribution in [0, 0.1) is 0 Å². The van der Waals surface area contributed by atoms with Crippen LogP contribution in [0.4, 0.5) is 13.2 Å². The first-order valence-corrected chi connectivity index (χ1v) is 10.7. The van der Waals surface area contributed by atoms with Crippen LogP contribution in [0.15, 0.2) is 29.3 Å². The fourth-order valence-electron chi connectivity index (χ4n) is 3.48. The molecule has 2 aromatic rings. The first-order valence-electron chi connectivity index (χ1n) is 8.80. The van der Waals surface area contributed by atoms with Gasteiger partial charge in [0.1, 0.15) is 5.82 Å². The third-order valence-corrected chi connectivity index (χ3v) is 5.78. The van der Waals surface area contributed by atoms with Crippen molar-refractivity contribution in [2.75, 3.05) is 12.8 Å². The zero-order chi connectivity index (χ0) is 19.8. The Kier molecular flexibility index (Phi) is 5.36. The van der Waals surface area contributed by atoms with E-state index in [1.165, 1.54) is 12.1 Å². The summed E-state index contributed by atoms with van der Waals surface area (Å²) in [4.78, 5) is 4.34. The van der Waals surface area contributed by atoms with Gasteiger partial charge in [-0.3, -0.25) is 0 Å². The molecular weight excluding hydrogens is 379 g/mol. The van der Waals surface area contributed by atoms with Gasteiger partial charge in [0.05, 0.1) is 17.3 Å². The number of nitrogens with zero attached hydrogens (tertiary/aromatic N) is 2. The van der Waals surface area contributed by atoms with Crippen LogP contribution < -0.4 is 5.32 Å². The first kappa shape index (κ1) is 19.9. The number of aryl methyl sites for hydroxylation is 2. The highest BCUT2D eigenvalue weighted by Crippen LogP contribution is 2.31. The number of benzene rings is 1. The molecule has 9 heteroatoms. The summed E-state index contributed by atoms with van der Waals surface area (Å²) in [5, 5.41) is 3.43. The fourth-order valence-corrected chi connectivity index (χ4v) is 4.38. The molecule has 0 spiro atoms. The van der Waals surface area contributed by atoms with E-state index in [0.717, 1.165) is 29.8 Å². The first-order chi connectivity index (χ1) is 12.6. The number of alkyl halides is 3. The molecule has 1 aromatic heterocycles. The molecule has 1 aliphatic heterocycles. The fraction of sp³-hybridized carbons (Fsp3) is 0.500. The summed E-state index contributed by atoms with van der Waals surface area (Å²) in [6.45, 7) is 3.27. The Bertz CT molecular complexity index is 919. The minimum atomic E-state index is -4.35. The third-order valence-electron chi connectivity index (χ3n) is 4.78. The largest absolute Gasteiger partial charge is 0.416 e. The molecule has 1 atom stereocenters. The number of nitrogens with one attached hydrogen (secondary N) is 1. The van der Waals surface area contributed by atoms with Gasteiger partial charge in [-0.25, -0.2) is 13.4 Å². The van der Waals surface area contributed by atoms with Gasteiger partial charge in [0, 0.05) is 25.8 Å². The zero-order valence-corrected chi connectivity index (χ0v) is 16.0. The normalized spacial score (nSPS) is 17.7. The van der Waals surface area contributed by atoms with Crippen LogP contribution in [0.25, 0.3) is 0 Å². The maximum atomic E-state index is 12.7. The maximum Gasteiger partial charge on any atom is 0.416 e. The molecule has 1 aromatic carbocycles. The van der Waals surface area contributed by atoms with Crippen LogP contribution in [0.2, 0.25) is 0 Å². The summed E-state index contributed by atoms with van der Waals surface area (Å²) in [6, 6.07) is 4.88. The van der Waals surface area contributed by atoms with Crippen LogP contribution in [-0.2, 0) is 35.4 Å². The second-order valence-electron chi connectivity index (χ2n) is 6.74. The highest BCUT2D eigenvalue weighted by atomic mass is 32.2. The van der Waals surface area contributed by atoms with Gasteiger partial charge in [0.2, 0.25) is 0 Å². The number of hydrogen-bond donors (Lipinski definition) is 1. The van der Waals surface area contributed by atoms with Crippen LogP contribution in [0.1, 0.15) is 42.0 Å². The lowest BCUT2D eigenvalue weighted by Gasteiger charge is -2.27. The molecule has 0 fully saturated rings. The van der Waals surface area contributed by atoms with Gasteiger partial charge in [0.25, 0.3) is 0 Å². The van der Waals surface area contributed by atoms with Crippen LogP contribution in [-0.4, -0.2) is 30.8 Å². The number of rotatable bonds is 5. The smallest absolute Gasteiger partial charge is 0.328 e. The van der Waals surface area contributed by atoms with E-state index in [4.69, 9.17) is 0 Å². The molecule has 3 rings (SSSR count). The van der Waals surface area contributed by atoms with Gasteiger partial charge >= 0.3 is 6.18 Å². The summed E-state index contributed by atoms with van der Waals surface area (Å²) in [5.41, 5.74) is 0.762. The Morgan fingerprint density at radius 2 is 1.93 bits per heavy atom. The number of aromatic nitrogens is 2. The Balaban J connectivity index is 1.83. The van der Waals surface area contributed by atoms with Crippen LogP contribution in [0.3, 0.4) is 0 Å². The van der Waals surface area contributed by atoms with Crippen molar-refractivity contribution >= 4 is 9.84 Å². The lowest BCUT2D eigenvalue weighted by Crippen LogP contribution is -2.35. The summed E-state index contributed by atoms with van der Waals surface area (Å²) >= 11 is 0. The molecule has 148 valence electrons. The van der Waals surface area contributed by atoms with Gasteiger partial charge in [-0.05, 0) is 30.5 Å². The molecule has 27 heavy (non-hydrogen) atoms. The van der Waals surface area contributed by atoms with Crippen molar-refractivity contribution in [2.45, 2.75) is 50.0 Å². The number of fused-ring (bicyclic) bond motifs is 1. The van der Waals surface area contributed by atoms with Crippen molar-refractivity contribution in [1.29, 1.82) is 0 Å². The van der Waals surface area contributed by atoms with E-state index in [2.05, 4.69) is 10.3 Å². The van der Waals surface area contributed by atoms with Gasteiger partial charge < -0.3 is 9.88 Å². The minimum Gasteiger partial charge on any atom is -0.328 e. The molecule has 2 heterocycles. The van der Waals surface area contributed by atoms with Crippen molar-refractivity contribution in [3.8, 4) is 0 Å². The Morgan fingerprint density at radius 3 is 2.48 bits per heavy atom. The average molecular weight is 401 g/mol. The van der Waals surface area contributed by atoms with E-state index in [1.54, 1.807) is 0 Å². The molecule has 1 unspecified atom stereocenters. The van der Waals surface area contributed by atoms with Crippen molar-refractivity contribution in [3.05, 3.63) is 46.9 Å². The molecule has 0 saturated heterocycles. The SMILES string of the molecule is CCc1nc(S(C)(=O)=O)c2n1CCNC2CCc1ccc(C(F)(F)F)cc1. The lowest BCUT2D eigenvalue weighted by atomic mass is 10.0. The summed E-state index contributed by atoms with van der Waals surface area (Å²) < 4.78 is 64.3. The maximum absolute atomic E-state index is 12.7. The number of halogens is 3. The van der Waals surface area contributed by atoms with Crippen molar-refractivity contribution in [3.63, 3.8) is 0 Å². The van der Waals surface area contributed by atoms with Crippen molar-refractivity contribution < 1.29 is 21.6 Å². The predicted octanol–water partition coefficient (Wildman–Crippen LogP) is 3.14. The highest BCUT2D eigenvalue weighted by molar-refractivity contribution is 7.90. The second kappa shape index (κ2) is 7.27. The van der Waals surface area contributed by atoms with E-state index in [9.17, 15) is 21.6 Å². The second-order valence-corrected chi connectivity index (χ2v) is 8.67. The third kappa shape index (κ3) is 4.19. The Labute approximate surface area is 156 Å². The molecule has 0 amide bonds. The van der Waals surface area contributed by atoms with E-state index in [0.29, 0.717) is 38.0 Å². The van der Waals surface area contributed by atoms with Gasteiger partial charge in [-0.15, -0.1) is 0 Å². The van der Waals surface area contributed by atoms with Crippen molar-refractivity contribution in [2.24, 2.45) is 0 Å². The number of hydrogen-bond acceptors (Lipinski definition) is 4. The molecule has 1 N–H and O–H groups in total. The molecule has 0 bridgehead atoms. The van der Waals surface area contributed by atoms with E-state index in [-0.39, 0.29) is 11.1 Å². The van der Waals surface area contributed by atoms with E-state index >= 15 is 0 Å². The molecule has 0 radical (unpaired) electrons. The zero-order valence-electron chi connectivity index (χ0n) is 15.2. The highest BCUT2D eigenvalue weighted by Gasteiger charge is 2.32. The number of sulfone groups is 1. The molecule has 5 nitrogen and oxygen atoms in total. The van der Waals surface area contributed by atoms with E-state index < -0.39 is 21.6 Å².